The number of carbonyl (C=O) groups is 1. The van der Waals surface area contributed by atoms with Gasteiger partial charge in [-0.25, -0.2) is 4.79 Å². The molecule has 5 heteroatoms. The molecule has 94 valence electrons. The zero-order chi connectivity index (χ0) is 13.1. The third-order valence-electron chi connectivity index (χ3n) is 2.28. The molecule has 2 rings (SSSR count). The van der Waals surface area contributed by atoms with Crippen LogP contribution < -0.4 is 0 Å². The van der Waals surface area contributed by atoms with E-state index in [2.05, 4.69) is 0 Å². The molecule has 0 unspecified atom stereocenters. The Bertz CT molecular complexity index is 578. The van der Waals surface area contributed by atoms with E-state index in [9.17, 15) is 4.79 Å². The fourth-order valence-electron chi connectivity index (χ4n) is 1.48. The summed E-state index contributed by atoms with van der Waals surface area (Å²) in [6.45, 7) is 2.15. The maximum atomic E-state index is 11.6. The first-order valence-electron chi connectivity index (χ1n) is 5.34. The average Bonchev–Trinajstić information content (AvgIpc) is 2.78. The molecule has 0 N–H and O–H groups in total. The molecule has 0 saturated heterocycles. The van der Waals surface area contributed by atoms with Crippen LogP contribution in [0.1, 0.15) is 16.6 Å². The summed E-state index contributed by atoms with van der Waals surface area (Å²) in [6.07, 6.45) is 0. The SMILES string of the molecule is CCOC(=O)c1ccc(-c2ccc(Cl)cc2Cl)s1. The first kappa shape index (κ1) is 13.4. The fourth-order valence-corrected chi connectivity index (χ4v) is 2.99. The highest BCUT2D eigenvalue weighted by Gasteiger charge is 2.12. The van der Waals surface area contributed by atoms with Crippen LogP contribution in [0.5, 0.6) is 0 Å². The Morgan fingerprint density at radius 2 is 2.06 bits per heavy atom. The molecule has 0 aliphatic rings. The lowest BCUT2D eigenvalue weighted by Crippen LogP contribution is -2.01. The minimum atomic E-state index is -0.307. The summed E-state index contributed by atoms with van der Waals surface area (Å²) >= 11 is 13.3. The van der Waals surface area contributed by atoms with Gasteiger partial charge in [-0.05, 0) is 31.2 Å². The molecule has 0 bridgehead atoms. The van der Waals surface area contributed by atoms with E-state index >= 15 is 0 Å². The number of carbonyl (C=O) groups excluding carboxylic acids is 1. The molecule has 2 nitrogen and oxygen atoms in total. The summed E-state index contributed by atoms with van der Waals surface area (Å²) in [7, 11) is 0. The Balaban J connectivity index is 2.32. The zero-order valence-corrected chi connectivity index (χ0v) is 11.9. The number of hydrogen-bond donors (Lipinski definition) is 0. The molecule has 1 heterocycles. The zero-order valence-electron chi connectivity index (χ0n) is 9.57. The predicted molar refractivity (Wildman–Crippen MR) is 75.7 cm³/mol. The molecule has 0 aliphatic heterocycles. The quantitative estimate of drug-likeness (QED) is 0.754. The topological polar surface area (TPSA) is 26.3 Å². The molecule has 0 spiro atoms. The molecule has 1 aromatic carbocycles. The van der Waals surface area contributed by atoms with E-state index in [1.165, 1.54) is 11.3 Å². The molecule has 0 aliphatic carbocycles. The van der Waals surface area contributed by atoms with Gasteiger partial charge in [-0.3, -0.25) is 0 Å². The Morgan fingerprint density at radius 1 is 1.28 bits per heavy atom. The van der Waals surface area contributed by atoms with Gasteiger partial charge in [-0.1, -0.05) is 29.3 Å². The number of halogens is 2. The molecule has 0 radical (unpaired) electrons. The molecule has 2 aromatic rings. The summed E-state index contributed by atoms with van der Waals surface area (Å²) in [5.41, 5.74) is 0.863. The van der Waals surface area contributed by atoms with Gasteiger partial charge in [0.15, 0.2) is 0 Å². The van der Waals surface area contributed by atoms with E-state index in [1.54, 1.807) is 25.1 Å². The van der Waals surface area contributed by atoms with E-state index in [4.69, 9.17) is 27.9 Å². The normalized spacial score (nSPS) is 10.4. The van der Waals surface area contributed by atoms with Crippen LogP contribution in [0, 0.1) is 0 Å². The second-order valence-electron chi connectivity index (χ2n) is 3.51. The van der Waals surface area contributed by atoms with Gasteiger partial charge in [0.1, 0.15) is 4.88 Å². The first-order chi connectivity index (χ1) is 8.61. The third kappa shape index (κ3) is 2.86. The van der Waals surface area contributed by atoms with Crippen LogP contribution in [0.15, 0.2) is 30.3 Å². The minimum absolute atomic E-state index is 0.307. The lowest BCUT2D eigenvalue weighted by molar-refractivity contribution is 0.0532. The van der Waals surface area contributed by atoms with Crippen LogP contribution in [0.3, 0.4) is 0 Å². The van der Waals surface area contributed by atoms with E-state index in [0.29, 0.717) is 21.5 Å². The molecule has 0 amide bonds. The second kappa shape index (κ2) is 5.74. The number of esters is 1. The van der Waals surface area contributed by atoms with Crippen molar-refractivity contribution in [2.45, 2.75) is 6.92 Å². The maximum Gasteiger partial charge on any atom is 0.348 e. The van der Waals surface area contributed by atoms with Crippen LogP contribution >= 0.6 is 34.5 Å². The van der Waals surface area contributed by atoms with Crippen molar-refractivity contribution in [3.63, 3.8) is 0 Å². The summed E-state index contributed by atoms with van der Waals surface area (Å²) in [5, 5.41) is 1.16. The van der Waals surface area contributed by atoms with Crippen molar-refractivity contribution in [1.82, 2.24) is 0 Å². The van der Waals surface area contributed by atoms with Crippen molar-refractivity contribution in [3.8, 4) is 10.4 Å². The monoisotopic (exact) mass is 300 g/mol. The molecular formula is C13H10Cl2O2S. The van der Waals surface area contributed by atoms with E-state index in [0.717, 1.165) is 10.4 Å². The number of rotatable bonds is 3. The first-order valence-corrected chi connectivity index (χ1v) is 6.91. The largest absolute Gasteiger partial charge is 0.462 e. The van der Waals surface area contributed by atoms with Gasteiger partial charge >= 0.3 is 5.97 Å². The van der Waals surface area contributed by atoms with Crippen LogP contribution in [0.2, 0.25) is 10.0 Å². The highest BCUT2D eigenvalue weighted by atomic mass is 35.5. The molecule has 18 heavy (non-hydrogen) atoms. The second-order valence-corrected chi connectivity index (χ2v) is 5.44. The summed E-state index contributed by atoms with van der Waals surface area (Å²) in [5.74, 6) is -0.307. The Morgan fingerprint density at radius 3 is 2.72 bits per heavy atom. The standard InChI is InChI=1S/C13H10Cl2O2S/c1-2-17-13(16)12-6-5-11(18-12)9-4-3-8(14)7-10(9)15/h3-7H,2H2,1H3. The number of ether oxygens (including phenoxy) is 1. The summed E-state index contributed by atoms with van der Waals surface area (Å²) in [4.78, 5) is 13.0. The lowest BCUT2D eigenvalue weighted by atomic mass is 10.2. The van der Waals surface area contributed by atoms with Gasteiger partial charge < -0.3 is 4.74 Å². The highest BCUT2D eigenvalue weighted by molar-refractivity contribution is 7.17. The smallest absolute Gasteiger partial charge is 0.348 e. The van der Waals surface area contributed by atoms with Gasteiger partial charge in [0.2, 0.25) is 0 Å². The van der Waals surface area contributed by atoms with Gasteiger partial charge in [0, 0.05) is 15.5 Å². The molecular weight excluding hydrogens is 291 g/mol. The van der Waals surface area contributed by atoms with Crippen LogP contribution in [-0.2, 0) is 4.74 Å². The van der Waals surface area contributed by atoms with Crippen molar-refractivity contribution in [1.29, 1.82) is 0 Å². The lowest BCUT2D eigenvalue weighted by Gasteiger charge is -2.01. The van der Waals surface area contributed by atoms with Crippen molar-refractivity contribution in [3.05, 3.63) is 45.3 Å². The van der Waals surface area contributed by atoms with Crippen molar-refractivity contribution >= 4 is 40.5 Å². The van der Waals surface area contributed by atoms with E-state index < -0.39 is 0 Å². The molecule has 1 aromatic heterocycles. The van der Waals surface area contributed by atoms with Gasteiger partial charge in [0.25, 0.3) is 0 Å². The third-order valence-corrected chi connectivity index (χ3v) is 3.93. The van der Waals surface area contributed by atoms with Gasteiger partial charge in [-0.15, -0.1) is 11.3 Å². The highest BCUT2D eigenvalue weighted by Crippen LogP contribution is 2.35. The van der Waals surface area contributed by atoms with E-state index in [-0.39, 0.29) is 5.97 Å². The number of thiophene rings is 1. The van der Waals surface area contributed by atoms with Gasteiger partial charge in [0.05, 0.1) is 11.6 Å². The predicted octanol–water partition coefficient (Wildman–Crippen LogP) is 4.90. The average molecular weight is 301 g/mol. The molecule has 0 saturated carbocycles. The Kier molecular flexibility index (Phi) is 4.27. The number of hydrogen-bond acceptors (Lipinski definition) is 3. The summed E-state index contributed by atoms with van der Waals surface area (Å²) < 4.78 is 4.94. The van der Waals surface area contributed by atoms with Crippen molar-refractivity contribution < 1.29 is 9.53 Å². The van der Waals surface area contributed by atoms with Crippen LogP contribution in [-0.4, -0.2) is 12.6 Å². The van der Waals surface area contributed by atoms with Crippen molar-refractivity contribution in [2.75, 3.05) is 6.61 Å². The Labute approximate surface area is 119 Å². The number of benzene rings is 1. The van der Waals surface area contributed by atoms with Crippen LogP contribution in [0.25, 0.3) is 10.4 Å². The fraction of sp³-hybridized carbons (Fsp3) is 0.154. The van der Waals surface area contributed by atoms with E-state index in [1.807, 2.05) is 12.1 Å². The minimum Gasteiger partial charge on any atom is -0.462 e. The molecule has 0 fully saturated rings. The summed E-state index contributed by atoms with van der Waals surface area (Å²) in [6, 6.07) is 8.88. The van der Waals surface area contributed by atoms with Crippen LogP contribution in [0.4, 0.5) is 0 Å². The van der Waals surface area contributed by atoms with Crippen molar-refractivity contribution in [2.24, 2.45) is 0 Å². The molecule has 0 atom stereocenters. The van der Waals surface area contributed by atoms with Gasteiger partial charge in [-0.2, -0.15) is 0 Å². The maximum absolute atomic E-state index is 11.6. The Hall–Kier alpha value is -1.03.